The molecular weight excluding hydrogens is 536 g/mol. The Kier molecular flexibility index (Phi) is 10.6. The molecule has 4 amide bonds. The maximum Gasteiger partial charge on any atom is 0.412 e. The zero-order valence-corrected chi connectivity index (χ0v) is 22.6. The van der Waals surface area contributed by atoms with Crippen LogP contribution in [0.2, 0.25) is 0 Å². The third-order valence-electron chi connectivity index (χ3n) is 4.43. The van der Waals surface area contributed by atoms with Gasteiger partial charge in [0.1, 0.15) is 5.60 Å². The number of ether oxygens (including phenoxy) is 1. The molecule has 0 bridgehead atoms. The predicted octanol–water partition coefficient (Wildman–Crippen LogP) is 1.73. The van der Waals surface area contributed by atoms with Crippen molar-refractivity contribution < 1.29 is 37.1 Å². The van der Waals surface area contributed by atoms with Gasteiger partial charge in [0.05, 0.1) is 23.7 Å². The highest BCUT2D eigenvalue weighted by molar-refractivity contribution is 8.14. The van der Waals surface area contributed by atoms with Crippen LogP contribution in [-0.4, -0.2) is 66.1 Å². The first kappa shape index (κ1) is 30.5. The molecule has 2 aromatic carbocycles. The van der Waals surface area contributed by atoms with E-state index in [1.807, 2.05) is 0 Å². The van der Waals surface area contributed by atoms with E-state index < -0.39 is 57.4 Å². The Bertz CT molecular complexity index is 1310. The molecule has 0 unspecified atom stereocenters. The summed E-state index contributed by atoms with van der Waals surface area (Å²) in [7, 11) is -4.76. The lowest BCUT2D eigenvalue weighted by Gasteiger charge is -2.21. The van der Waals surface area contributed by atoms with Crippen LogP contribution in [0.5, 0.6) is 0 Å². The van der Waals surface area contributed by atoms with Crippen LogP contribution < -0.4 is 16.4 Å². The van der Waals surface area contributed by atoms with Gasteiger partial charge >= 0.3 is 6.09 Å². The lowest BCUT2D eigenvalue weighted by atomic mass is 10.2. The molecule has 204 valence electrons. The second-order valence-corrected chi connectivity index (χ2v) is 11.4. The second kappa shape index (κ2) is 13.2. The van der Waals surface area contributed by atoms with Gasteiger partial charge in [0, 0.05) is 11.3 Å². The molecule has 0 atom stereocenters. The van der Waals surface area contributed by atoms with E-state index in [2.05, 4.69) is 10.6 Å². The molecule has 0 aliphatic rings. The van der Waals surface area contributed by atoms with E-state index >= 15 is 0 Å². The Labute approximate surface area is 224 Å². The maximum atomic E-state index is 13.2. The van der Waals surface area contributed by atoms with Crippen molar-refractivity contribution in [1.29, 1.82) is 0 Å². The van der Waals surface area contributed by atoms with Crippen molar-refractivity contribution in [1.82, 2.24) is 9.62 Å². The quantitative estimate of drug-likeness (QED) is 0.405. The van der Waals surface area contributed by atoms with Crippen LogP contribution in [0.25, 0.3) is 0 Å². The van der Waals surface area contributed by atoms with Crippen molar-refractivity contribution in [3.63, 3.8) is 0 Å². The van der Waals surface area contributed by atoms with Crippen molar-refractivity contribution in [3.8, 4) is 0 Å². The third-order valence-corrected chi connectivity index (χ3v) is 7.07. The minimum Gasteiger partial charge on any atom is -0.444 e. The molecule has 0 saturated carbocycles. The monoisotopic (exact) mass is 564 g/mol. The first-order chi connectivity index (χ1) is 17.7. The Balaban J connectivity index is 2.11. The summed E-state index contributed by atoms with van der Waals surface area (Å²) >= 11 is 0.695. The van der Waals surface area contributed by atoms with Gasteiger partial charge in [0.2, 0.25) is 11.0 Å². The molecular formula is C24H28N4O8S2. The van der Waals surface area contributed by atoms with E-state index in [4.69, 9.17) is 10.5 Å². The van der Waals surface area contributed by atoms with Crippen LogP contribution in [0.4, 0.5) is 10.5 Å². The molecule has 0 heterocycles. The molecule has 0 aromatic heterocycles. The van der Waals surface area contributed by atoms with Crippen LogP contribution in [0.3, 0.4) is 0 Å². The fourth-order valence-electron chi connectivity index (χ4n) is 2.84. The molecule has 2 rings (SSSR count). The van der Waals surface area contributed by atoms with Crippen molar-refractivity contribution in [2.45, 2.75) is 31.3 Å². The maximum absolute atomic E-state index is 13.2. The number of rotatable bonds is 9. The average molecular weight is 565 g/mol. The number of nitrogens with one attached hydrogen (secondary N) is 2. The number of amides is 4. The average Bonchev–Trinajstić information content (AvgIpc) is 2.85. The number of carbonyl (C=O) groups is 5. The minimum absolute atomic E-state index is 0.0290. The van der Waals surface area contributed by atoms with Crippen LogP contribution in [0.15, 0.2) is 59.5 Å². The van der Waals surface area contributed by atoms with Gasteiger partial charge in [0.25, 0.3) is 21.8 Å². The number of hydrogen-bond donors (Lipinski definition) is 3. The number of sulfonamides is 1. The summed E-state index contributed by atoms with van der Waals surface area (Å²) in [5.41, 5.74) is 4.93. The van der Waals surface area contributed by atoms with Crippen LogP contribution in [0.1, 0.15) is 31.1 Å². The Morgan fingerprint density at radius 2 is 1.63 bits per heavy atom. The summed E-state index contributed by atoms with van der Waals surface area (Å²) in [6.07, 6.45) is -0.843. The van der Waals surface area contributed by atoms with E-state index in [-0.39, 0.29) is 20.9 Å². The summed E-state index contributed by atoms with van der Waals surface area (Å²) in [6, 6.07) is 13.0. The van der Waals surface area contributed by atoms with Crippen LogP contribution >= 0.6 is 11.8 Å². The molecule has 4 N–H and O–H groups in total. The number of hydrogen-bond acceptors (Lipinski definition) is 10. The normalized spacial score (nSPS) is 11.3. The van der Waals surface area contributed by atoms with E-state index in [0.717, 1.165) is 12.1 Å². The van der Waals surface area contributed by atoms with Gasteiger partial charge in [-0.2, -0.15) is 4.31 Å². The molecule has 0 radical (unpaired) electrons. The predicted molar refractivity (Wildman–Crippen MR) is 141 cm³/mol. The van der Waals surface area contributed by atoms with Gasteiger partial charge < -0.3 is 15.8 Å². The lowest BCUT2D eigenvalue weighted by Crippen LogP contribution is -2.49. The number of benzene rings is 2. The summed E-state index contributed by atoms with van der Waals surface area (Å²) < 4.78 is 31.4. The number of thioether (sulfide) groups is 1. The smallest absolute Gasteiger partial charge is 0.412 e. The highest BCUT2D eigenvalue weighted by atomic mass is 32.2. The molecule has 2 aromatic rings. The van der Waals surface area contributed by atoms with Crippen LogP contribution in [-0.2, 0) is 29.1 Å². The molecule has 0 spiro atoms. The van der Waals surface area contributed by atoms with Gasteiger partial charge in [-0.25, -0.2) is 13.2 Å². The largest absolute Gasteiger partial charge is 0.444 e. The zero-order valence-electron chi connectivity index (χ0n) is 20.9. The number of nitrogens with zero attached hydrogens (tertiary/aromatic N) is 1. The minimum atomic E-state index is -4.76. The molecule has 0 aliphatic carbocycles. The number of nitrogens with two attached hydrogens (primary N) is 1. The first-order valence-electron chi connectivity index (χ1n) is 11.1. The first-order valence-corrected chi connectivity index (χ1v) is 13.6. The fraction of sp³-hybridized carbons (Fsp3) is 0.292. The Morgan fingerprint density at radius 1 is 0.974 bits per heavy atom. The van der Waals surface area contributed by atoms with Crippen molar-refractivity contribution >= 4 is 56.4 Å². The van der Waals surface area contributed by atoms with Crippen molar-refractivity contribution in [2.75, 3.05) is 24.2 Å². The highest BCUT2D eigenvalue weighted by Gasteiger charge is 2.34. The SMILES string of the molecule is CC(C)(C)OC(=O)Nc1cccc(S(=O)(=O)N(C(=O)CN)C(=O)CNC(=O)CSC(=O)c2ccccc2)c1. The summed E-state index contributed by atoms with van der Waals surface area (Å²) in [5, 5.41) is 4.20. The molecule has 38 heavy (non-hydrogen) atoms. The molecule has 0 aliphatic heterocycles. The van der Waals surface area contributed by atoms with Gasteiger partial charge in [-0.3, -0.25) is 24.5 Å². The van der Waals surface area contributed by atoms with Gasteiger partial charge in [-0.15, -0.1) is 0 Å². The van der Waals surface area contributed by atoms with E-state index in [1.165, 1.54) is 12.1 Å². The molecule has 0 saturated heterocycles. The fourth-order valence-corrected chi connectivity index (χ4v) is 4.92. The Morgan fingerprint density at radius 3 is 2.24 bits per heavy atom. The summed E-state index contributed by atoms with van der Waals surface area (Å²) in [6.45, 7) is 3.28. The third kappa shape index (κ3) is 8.97. The molecule has 14 heteroatoms. The topological polar surface area (TPSA) is 182 Å². The molecule has 0 fully saturated rings. The van der Waals surface area contributed by atoms with Crippen molar-refractivity contribution in [2.24, 2.45) is 5.73 Å². The van der Waals surface area contributed by atoms with Crippen LogP contribution in [0, 0.1) is 0 Å². The van der Waals surface area contributed by atoms with Gasteiger partial charge in [-0.1, -0.05) is 48.2 Å². The lowest BCUT2D eigenvalue weighted by molar-refractivity contribution is -0.138. The highest BCUT2D eigenvalue weighted by Crippen LogP contribution is 2.21. The number of carbonyl (C=O) groups excluding carboxylic acids is 5. The van der Waals surface area contributed by atoms with Gasteiger partial charge in [-0.05, 0) is 39.0 Å². The molecule has 12 nitrogen and oxygen atoms in total. The van der Waals surface area contributed by atoms with Gasteiger partial charge in [0.15, 0.2) is 0 Å². The number of imide groups is 1. The Hall–Kier alpha value is -3.75. The summed E-state index contributed by atoms with van der Waals surface area (Å²) in [5.74, 6) is -3.56. The zero-order chi connectivity index (χ0) is 28.5. The second-order valence-electron chi connectivity index (χ2n) is 8.63. The van der Waals surface area contributed by atoms with E-state index in [9.17, 15) is 32.4 Å². The van der Waals surface area contributed by atoms with E-state index in [1.54, 1.807) is 51.1 Å². The standard InChI is InChI=1S/C24H28N4O8S2/c1-24(2,3)36-23(33)27-17-10-7-11-18(12-17)38(34,35)28(20(30)13-25)21(31)14-26-19(29)15-37-22(32)16-8-5-4-6-9-16/h4-12H,13-15,25H2,1-3H3,(H,26,29)(H,27,33). The van der Waals surface area contributed by atoms with E-state index in [0.29, 0.717) is 17.3 Å². The number of anilines is 1. The summed E-state index contributed by atoms with van der Waals surface area (Å²) in [4.78, 5) is 60.9. The van der Waals surface area contributed by atoms with Crippen molar-refractivity contribution in [3.05, 3.63) is 60.2 Å².